The summed E-state index contributed by atoms with van der Waals surface area (Å²) in [6.45, 7) is 0. The molecule has 1 aliphatic rings. The smallest absolute Gasteiger partial charge is 0.228 e. The van der Waals surface area contributed by atoms with E-state index in [9.17, 15) is 9.90 Å². The van der Waals surface area contributed by atoms with Crippen LogP contribution in [0.3, 0.4) is 0 Å². The molecule has 1 heterocycles. The van der Waals surface area contributed by atoms with Crippen molar-refractivity contribution in [2.45, 2.75) is 12.5 Å². The van der Waals surface area contributed by atoms with Crippen LogP contribution in [0.2, 0.25) is 10.0 Å². The maximum Gasteiger partial charge on any atom is 0.228 e. The Labute approximate surface area is 126 Å². The molecule has 0 bridgehead atoms. The van der Waals surface area contributed by atoms with Crippen LogP contribution in [-0.2, 0) is 11.2 Å². The number of halogens is 2. The van der Waals surface area contributed by atoms with Crippen molar-refractivity contribution in [3.8, 4) is 0 Å². The Balaban J connectivity index is 2.01. The first-order valence-electron chi connectivity index (χ1n) is 6.10. The van der Waals surface area contributed by atoms with Crippen LogP contribution in [0.5, 0.6) is 0 Å². The van der Waals surface area contributed by atoms with E-state index in [1.54, 1.807) is 36.4 Å². The molecule has 5 heteroatoms. The summed E-state index contributed by atoms with van der Waals surface area (Å²) in [6, 6.07) is 10.5. The normalized spacial score (nSPS) is 14.8. The van der Waals surface area contributed by atoms with Gasteiger partial charge in [0.2, 0.25) is 5.91 Å². The number of fused-ring (bicyclic) bond motifs is 1. The minimum atomic E-state index is -0.827. The Bertz CT molecular complexity index is 700. The standard InChI is InChI=1S/C15H11Cl2NO2/c16-11-3-1-2-8(5-11)15(20)10-4-9-7-13(19)18-14(9)12(17)6-10/h1-6,15,20H,7H2,(H,18,19). The molecule has 102 valence electrons. The predicted octanol–water partition coefficient (Wildman–Crippen LogP) is 3.57. The molecule has 0 fully saturated rings. The van der Waals surface area contributed by atoms with Crippen LogP contribution in [0.15, 0.2) is 36.4 Å². The largest absolute Gasteiger partial charge is 0.384 e. The van der Waals surface area contributed by atoms with E-state index in [1.807, 2.05) is 0 Å². The van der Waals surface area contributed by atoms with Crippen LogP contribution in [-0.4, -0.2) is 11.0 Å². The lowest BCUT2D eigenvalue weighted by Crippen LogP contribution is -2.03. The number of anilines is 1. The molecular formula is C15H11Cl2NO2. The second kappa shape index (κ2) is 5.09. The lowest BCUT2D eigenvalue weighted by atomic mass is 9.99. The third kappa shape index (κ3) is 2.40. The van der Waals surface area contributed by atoms with Crippen LogP contribution < -0.4 is 5.32 Å². The first kappa shape index (κ1) is 13.4. The molecule has 2 aromatic carbocycles. The molecule has 1 amide bonds. The Hall–Kier alpha value is -1.55. The number of aliphatic hydroxyl groups excluding tert-OH is 1. The highest BCUT2D eigenvalue weighted by atomic mass is 35.5. The van der Waals surface area contributed by atoms with Gasteiger partial charge in [0, 0.05) is 5.02 Å². The summed E-state index contributed by atoms with van der Waals surface area (Å²) in [6.07, 6.45) is -0.544. The summed E-state index contributed by atoms with van der Waals surface area (Å²) in [5.74, 6) is -0.0868. The Morgan fingerprint density at radius 3 is 2.70 bits per heavy atom. The van der Waals surface area contributed by atoms with Crippen LogP contribution in [0, 0.1) is 0 Å². The molecule has 2 aromatic rings. The minimum Gasteiger partial charge on any atom is -0.384 e. The van der Waals surface area contributed by atoms with E-state index in [2.05, 4.69) is 5.32 Å². The number of carbonyl (C=O) groups excluding carboxylic acids is 1. The van der Waals surface area contributed by atoms with Crippen LogP contribution in [0.4, 0.5) is 5.69 Å². The number of hydrogen-bond acceptors (Lipinski definition) is 2. The van der Waals surface area contributed by atoms with E-state index in [-0.39, 0.29) is 12.3 Å². The van der Waals surface area contributed by atoms with Crippen LogP contribution >= 0.6 is 23.2 Å². The molecule has 1 atom stereocenters. The average Bonchev–Trinajstić information content (AvgIpc) is 2.79. The second-order valence-corrected chi connectivity index (χ2v) is 5.56. The molecule has 20 heavy (non-hydrogen) atoms. The fourth-order valence-corrected chi connectivity index (χ4v) is 2.84. The summed E-state index contributed by atoms with van der Waals surface area (Å²) in [7, 11) is 0. The highest BCUT2D eigenvalue weighted by Crippen LogP contribution is 2.35. The van der Waals surface area contributed by atoms with E-state index < -0.39 is 6.10 Å². The molecular weight excluding hydrogens is 297 g/mol. The Morgan fingerprint density at radius 1 is 1.15 bits per heavy atom. The fraction of sp³-hybridized carbons (Fsp3) is 0.133. The molecule has 0 saturated carbocycles. The number of benzene rings is 2. The van der Waals surface area contributed by atoms with Gasteiger partial charge < -0.3 is 10.4 Å². The molecule has 1 aliphatic heterocycles. The number of aliphatic hydroxyl groups is 1. The fourth-order valence-electron chi connectivity index (χ4n) is 2.35. The summed E-state index contributed by atoms with van der Waals surface area (Å²) >= 11 is 12.1. The quantitative estimate of drug-likeness (QED) is 0.891. The maximum atomic E-state index is 11.4. The zero-order valence-electron chi connectivity index (χ0n) is 10.4. The van der Waals surface area contributed by atoms with Crippen LogP contribution in [0.25, 0.3) is 0 Å². The highest BCUT2D eigenvalue weighted by molar-refractivity contribution is 6.34. The third-order valence-corrected chi connectivity index (χ3v) is 3.82. The van der Waals surface area contributed by atoms with Gasteiger partial charge in [0.15, 0.2) is 0 Å². The molecule has 0 aromatic heterocycles. The number of nitrogens with one attached hydrogen (secondary N) is 1. The number of rotatable bonds is 2. The van der Waals surface area contributed by atoms with Crippen molar-refractivity contribution in [3.05, 3.63) is 63.1 Å². The SMILES string of the molecule is O=C1Cc2cc(C(O)c3cccc(Cl)c3)cc(Cl)c2N1. The molecule has 1 unspecified atom stereocenters. The summed E-state index contributed by atoms with van der Waals surface area (Å²) < 4.78 is 0. The second-order valence-electron chi connectivity index (χ2n) is 4.72. The van der Waals surface area contributed by atoms with Crippen molar-refractivity contribution in [2.75, 3.05) is 5.32 Å². The molecule has 0 saturated heterocycles. The van der Waals surface area contributed by atoms with Crippen molar-refractivity contribution >= 4 is 34.8 Å². The minimum absolute atomic E-state index is 0.0868. The Morgan fingerprint density at radius 2 is 1.95 bits per heavy atom. The summed E-state index contributed by atoms with van der Waals surface area (Å²) in [4.78, 5) is 11.4. The van der Waals surface area contributed by atoms with E-state index >= 15 is 0 Å². The zero-order chi connectivity index (χ0) is 14.3. The van der Waals surface area contributed by atoms with Crippen molar-refractivity contribution in [3.63, 3.8) is 0 Å². The van der Waals surface area contributed by atoms with Gasteiger partial charge in [-0.05, 0) is 34.9 Å². The lowest BCUT2D eigenvalue weighted by molar-refractivity contribution is -0.115. The van der Waals surface area contributed by atoms with Crippen molar-refractivity contribution in [2.24, 2.45) is 0 Å². The van der Waals surface area contributed by atoms with Crippen LogP contribution in [0.1, 0.15) is 22.8 Å². The van der Waals surface area contributed by atoms with Gasteiger partial charge in [0.1, 0.15) is 6.10 Å². The molecule has 3 nitrogen and oxygen atoms in total. The molecule has 2 N–H and O–H groups in total. The van der Waals surface area contributed by atoms with Crippen molar-refractivity contribution in [1.29, 1.82) is 0 Å². The van der Waals surface area contributed by atoms with E-state index in [4.69, 9.17) is 23.2 Å². The van der Waals surface area contributed by atoms with Gasteiger partial charge in [-0.25, -0.2) is 0 Å². The van der Waals surface area contributed by atoms with Gasteiger partial charge >= 0.3 is 0 Å². The monoisotopic (exact) mass is 307 g/mol. The van der Waals surface area contributed by atoms with Crippen molar-refractivity contribution in [1.82, 2.24) is 0 Å². The molecule has 0 aliphatic carbocycles. The molecule has 0 spiro atoms. The van der Waals surface area contributed by atoms with E-state index in [0.29, 0.717) is 26.9 Å². The number of carbonyl (C=O) groups is 1. The van der Waals surface area contributed by atoms with Gasteiger partial charge in [-0.3, -0.25) is 4.79 Å². The third-order valence-electron chi connectivity index (χ3n) is 3.29. The van der Waals surface area contributed by atoms with Crippen molar-refractivity contribution < 1.29 is 9.90 Å². The average molecular weight is 308 g/mol. The lowest BCUT2D eigenvalue weighted by Gasteiger charge is -2.14. The topological polar surface area (TPSA) is 49.3 Å². The van der Waals surface area contributed by atoms with Gasteiger partial charge in [-0.1, -0.05) is 41.4 Å². The molecule has 3 rings (SSSR count). The molecule has 0 radical (unpaired) electrons. The maximum absolute atomic E-state index is 11.4. The van der Waals surface area contributed by atoms with Gasteiger partial charge in [0.25, 0.3) is 0 Å². The number of hydrogen-bond donors (Lipinski definition) is 2. The first-order chi connectivity index (χ1) is 9.54. The first-order valence-corrected chi connectivity index (χ1v) is 6.86. The number of amides is 1. The van der Waals surface area contributed by atoms with E-state index in [1.165, 1.54) is 0 Å². The van der Waals surface area contributed by atoms with Gasteiger partial charge in [-0.15, -0.1) is 0 Å². The van der Waals surface area contributed by atoms with Gasteiger partial charge in [0.05, 0.1) is 17.1 Å². The zero-order valence-corrected chi connectivity index (χ0v) is 11.9. The van der Waals surface area contributed by atoms with E-state index in [0.717, 1.165) is 5.56 Å². The van der Waals surface area contributed by atoms with Gasteiger partial charge in [-0.2, -0.15) is 0 Å². The predicted molar refractivity (Wildman–Crippen MR) is 79.3 cm³/mol. The summed E-state index contributed by atoms with van der Waals surface area (Å²) in [5.41, 5.74) is 2.77. The Kier molecular flexibility index (Phi) is 3.42. The highest BCUT2D eigenvalue weighted by Gasteiger charge is 2.23. The summed E-state index contributed by atoms with van der Waals surface area (Å²) in [5, 5.41) is 14.1.